The maximum absolute atomic E-state index is 5.60. The van der Waals surface area contributed by atoms with Crippen molar-refractivity contribution in [3.05, 3.63) is 42.5 Å². The van der Waals surface area contributed by atoms with Crippen molar-refractivity contribution in [2.45, 2.75) is 26.2 Å². The van der Waals surface area contributed by atoms with Crippen molar-refractivity contribution >= 4 is 0 Å². The molecule has 0 unspecified atom stereocenters. The molecular formula is C13H18O. The Morgan fingerprint density at radius 2 is 2.21 bits per heavy atom. The summed E-state index contributed by atoms with van der Waals surface area (Å²) < 4.78 is 5.60. The molecule has 0 radical (unpaired) electrons. The first-order valence-electron chi connectivity index (χ1n) is 5.13. The van der Waals surface area contributed by atoms with Crippen LogP contribution in [0.4, 0.5) is 0 Å². The number of allylic oxidation sites excluding steroid dienone is 1. The highest BCUT2D eigenvalue weighted by Crippen LogP contribution is 2.12. The Bertz CT molecular complexity index is 278. The molecule has 76 valence electrons. The second-order valence-corrected chi connectivity index (χ2v) is 3.45. The van der Waals surface area contributed by atoms with Gasteiger partial charge in [0.25, 0.3) is 0 Å². The molecule has 0 heterocycles. The number of aryl methyl sites for hydroxylation is 1. The Morgan fingerprint density at radius 1 is 1.36 bits per heavy atom. The Kier molecular flexibility index (Phi) is 4.84. The van der Waals surface area contributed by atoms with E-state index in [2.05, 4.69) is 25.6 Å². The van der Waals surface area contributed by atoms with Gasteiger partial charge in [-0.05, 0) is 43.9 Å². The van der Waals surface area contributed by atoms with Crippen LogP contribution in [0.2, 0.25) is 0 Å². The monoisotopic (exact) mass is 190 g/mol. The summed E-state index contributed by atoms with van der Waals surface area (Å²) in [5, 5.41) is 0. The van der Waals surface area contributed by atoms with E-state index in [0.29, 0.717) is 0 Å². The summed E-state index contributed by atoms with van der Waals surface area (Å²) in [4.78, 5) is 0. The lowest BCUT2D eigenvalue weighted by molar-refractivity contribution is 0.307. The van der Waals surface area contributed by atoms with Gasteiger partial charge < -0.3 is 4.74 Å². The second kappa shape index (κ2) is 6.25. The number of hydrogen-bond donors (Lipinski definition) is 0. The standard InChI is InChI=1S/C13H18O/c1-3-4-5-6-10-14-13-9-7-8-12(2)11-13/h3,7-9,11H,1,4-6,10H2,2H3. The van der Waals surface area contributed by atoms with Crippen molar-refractivity contribution < 1.29 is 4.74 Å². The number of rotatable bonds is 6. The van der Waals surface area contributed by atoms with Gasteiger partial charge in [-0.3, -0.25) is 0 Å². The van der Waals surface area contributed by atoms with Gasteiger partial charge in [-0.15, -0.1) is 6.58 Å². The molecule has 0 spiro atoms. The van der Waals surface area contributed by atoms with Gasteiger partial charge in [0.15, 0.2) is 0 Å². The smallest absolute Gasteiger partial charge is 0.119 e. The Hall–Kier alpha value is -1.24. The van der Waals surface area contributed by atoms with Gasteiger partial charge in [0.1, 0.15) is 5.75 Å². The van der Waals surface area contributed by atoms with Gasteiger partial charge in [-0.25, -0.2) is 0 Å². The molecule has 1 rings (SSSR count). The highest BCUT2D eigenvalue weighted by molar-refractivity contribution is 5.27. The van der Waals surface area contributed by atoms with Gasteiger partial charge in [-0.1, -0.05) is 18.2 Å². The number of unbranched alkanes of at least 4 members (excludes halogenated alkanes) is 2. The molecule has 0 aliphatic carbocycles. The van der Waals surface area contributed by atoms with Gasteiger partial charge >= 0.3 is 0 Å². The minimum Gasteiger partial charge on any atom is -0.494 e. The summed E-state index contributed by atoms with van der Waals surface area (Å²) in [6.07, 6.45) is 5.29. The van der Waals surface area contributed by atoms with Crippen molar-refractivity contribution in [1.82, 2.24) is 0 Å². The van der Waals surface area contributed by atoms with Crippen LogP contribution in [0, 0.1) is 6.92 Å². The molecule has 0 aromatic heterocycles. The van der Waals surface area contributed by atoms with Crippen molar-refractivity contribution in [2.75, 3.05) is 6.61 Å². The SMILES string of the molecule is C=CCCCCOc1cccc(C)c1. The lowest BCUT2D eigenvalue weighted by Crippen LogP contribution is -1.96. The van der Waals surface area contributed by atoms with E-state index < -0.39 is 0 Å². The molecule has 0 aliphatic heterocycles. The quantitative estimate of drug-likeness (QED) is 0.490. The van der Waals surface area contributed by atoms with E-state index in [1.807, 2.05) is 18.2 Å². The zero-order chi connectivity index (χ0) is 10.2. The minimum absolute atomic E-state index is 0.803. The van der Waals surface area contributed by atoms with Crippen molar-refractivity contribution in [3.8, 4) is 5.75 Å². The maximum Gasteiger partial charge on any atom is 0.119 e. The molecule has 0 bridgehead atoms. The van der Waals surface area contributed by atoms with Crippen LogP contribution < -0.4 is 4.74 Å². The van der Waals surface area contributed by atoms with Crippen LogP contribution in [-0.2, 0) is 0 Å². The van der Waals surface area contributed by atoms with E-state index in [0.717, 1.165) is 31.6 Å². The predicted octanol–water partition coefficient (Wildman–Crippen LogP) is 3.73. The highest BCUT2D eigenvalue weighted by atomic mass is 16.5. The van der Waals surface area contributed by atoms with Crippen LogP contribution in [-0.4, -0.2) is 6.61 Å². The Balaban J connectivity index is 2.21. The van der Waals surface area contributed by atoms with Crippen LogP contribution in [0.1, 0.15) is 24.8 Å². The second-order valence-electron chi connectivity index (χ2n) is 3.45. The summed E-state index contributed by atoms with van der Waals surface area (Å²) >= 11 is 0. The minimum atomic E-state index is 0.803. The summed E-state index contributed by atoms with van der Waals surface area (Å²) in [6, 6.07) is 8.16. The molecule has 0 aliphatic rings. The van der Waals surface area contributed by atoms with Crippen LogP contribution in [0.15, 0.2) is 36.9 Å². The topological polar surface area (TPSA) is 9.23 Å². The molecule has 14 heavy (non-hydrogen) atoms. The molecule has 1 aromatic rings. The van der Waals surface area contributed by atoms with E-state index in [4.69, 9.17) is 4.74 Å². The summed E-state index contributed by atoms with van der Waals surface area (Å²) in [5.74, 6) is 0.976. The fraction of sp³-hybridized carbons (Fsp3) is 0.385. The number of ether oxygens (including phenoxy) is 1. The van der Waals surface area contributed by atoms with E-state index in [1.165, 1.54) is 5.56 Å². The zero-order valence-corrected chi connectivity index (χ0v) is 8.83. The van der Waals surface area contributed by atoms with Gasteiger partial charge in [0.2, 0.25) is 0 Å². The number of benzene rings is 1. The molecule has 1 heteroatoms. The van der Waals surface area contributed by atoms with E-state index >= 15 is 0 Å². The fourth-order valence-corrected chi connectivity index (χ4v) is 1.29. The summed E-state index contributed by atoms with van der Waals surface area (Å²) in [6.45, 7) is 6.56. The third kappa shape index (κ3) is 4.13. The average molecular weight is 190 g/mol. The Morgan fingerprint density at radius 3 is 2.93 bits per heavy atom. The average Bonchev–Trinajstić information content (AvgIpc) is 2.18. The number of hydrogen-bond acceptors (Lipinski definition) is 1. The van der Waals surface area contributed by atoms with Gasteiger partial charge in [0, 0.05) is 0 Å². The fourth-order valence-electron chi connectivity index (χ4n) is 1.29. The van der Waals surface area contributed by atoms with E-state index in [-0.39, 0.29) is 0 Å². The van der Waals surface area contributed by atoms with Gasteiger partial charge in [0.05, 0.1) is 6.61 Å². The first kappa shape index (κ1) is 10.8. The molecule has 1 aromatic carbocycles. The first-order valence-corrected chi connectivity index (χ1v) is 5.13. The van der Waals surface area contributed by atoms with Crippen LogP contribution in [0.3, 0.4) is 0 Å². The molecule has 0 amide bonds. The highest BCUT2D eigenvalue weighted by Gasteiger charge is 1.93. The molecule has 0 N–H and O–H groups in total. The largest absolute Gasteiger partial charge is 0.494 e. The van der Waals surface area contributed by atoms with Crippen LogP contribution in [0.5, 0.6) is 5.75 Å². The molecule has 0 saturated heterocycles. The first-order chi connectivity index (χ1) is 6.83. The molecular weight excluding hydrogens is 172 g/mol. The predicted molar refractivity (Wildman–Crippen MR) is 60.7 cm³/mol. The molecule has 0 fully saturated rings. The lowest BCUT2D eigenvalue weighted by atomic mass is 10.2. The van der Waals surface area contributed by atoms with E-state index in [1.54, 1.807) is 0 Å². The summed E-state index contributed by atoms with van der Waals surface area (Å²) in [5.41, 5.74) is 1.24. The third-order valence-electron chi connectivity index (χ3n) is 2.06. The third-order valence-corrected chi connectivity index (χ3v) is 2.06. The van der Waals surface area contributed by atoms with Crippen molar-refractivity contribution in [3.63, 3.8) is 0 Å². The normalized spacial score (nSPS) is 9.79. The lowest BCUT2D eigenvalue weighted by Gasteiger charge is -2.05. The molecule has 0 atom stereocenters. The van der Waals surface area contributed by atoms with Crippen molar-refractivity contribution in [1.29, 1.82) is 0 Å². The van der Waals surface area contributed by atoms with Crippen LogP contribution >= 0.6 is 0 Å². The molecule has 1 nitrogen and oxygen atoms in total. The van der Waals surface area contributed by atoms with E-state index in [9.17, 15) is 0 Å². The van der Waals surface area contributed by atoms with Gasteiger partial charge in [-0.2, -0.15) is 0 Å². The zero-order valence-electron chi connectivity index (χ0n) is 8.83. The summed E-state index contributed by atoms with van der Waals surface area (Å²) in [7, 11) is 0. The Labute approximate surface area is 86.4 Å². The van der Waals surface area contributed by atoms with Crippen LogP contribution in [0.25, 0.3) is 0 Å². The molecule has 0 saturated carbocycles. The maximum atomic E-state index is 5.60. The van der Waals surface area contributed by atoms with Crippen molar-refractivity contribution in [2.24, 2.45) is 0 Å².